The van der Waals surface area contributed by atoms with Crippen molar-refractivity contribution in [3.05, 3.63) is 33.1 Å². The monoisotopic (exact) mass is 498 g/mol. The summed E-state index contributed by atoms with van der Waals surface area (Å²) in [5.41, 5.74) is -3.68. The average Bonchev–Trinajstić information content (AvgIpc) is 3.40. The van der Waals surface area contributed by atoms with E-state index < -0.39 is 43.1 Å². The van der Waals surface area contributed by atoms with Crippen molar-refractivity contribution >= 4 is 13.8 Å². The number of carbonyl (C=O) groups excluding carboxylic acids is 1. The lowest BCUT2D eigenvalue weighted by atomic mass is 9.95. The Bertz CT molecular complexity index is 1100. The topological polar surface area (TPSA) is 155 Å². The number of aromatic nitrogens is 2. The molecule has 13 heteroatoms. The van der Waals surface area contributed by atoms with Crippen LogP contribution in [0.5, 0.6) is 0 Å². The molecule has 1 aliphatic carbocycles. The van der Waals surface area contributed by atoms with E-state index >= 15 is 0 Å². The summed E-state index contributed by atoms with van der Waals surface area (Å²) in [6.07, 6.45) is 8.03. The van der Waals surface area contributed by atoms with E-state index in [4.69, 9.17) is 29.5 Å². The zero-order valence-corrected chi connectivity index (χ0v) is 19.3. The largest absolute Gasteiger partial charge is 0.475 e. The third-order valence-electron chi connectivity index (χ3n) is 6.05. The molecule has 34 heavy (non-hydrogen) atoms. The lowest BCUT2D eigenvalue weighted by Gasteiger charge is -2.34. The summed E-state index contributed by atoms with van der Waals surface area (Å²) in [7, 11) is -4.10. The molecular formula is C21H27N2O10P. The van der Waals surface area contributed by atoms with E-state index in [0.29, 0.717) is 12.8 Å². The lowest BCUT2D eigenvalue weighted by molar-refractivity contribution is -0.148. The smallest absolute Gasteiger partial charge is 0.462 e. The quantitative estimate of drug-likeness (QED) is 0.229. The summed E-state index contributed by atoms with van der Waals surface area (Å²) in [6, 6.07) is 1.07. The predicted octanol–water partition coefficient (Wildman–Crippen LogP) is 0.994. The Balaban J connectivity index is 1.32. The second kappa shape index (κ2) is 10.2. The fourth-order valence-corrected chi connectivity index (χ4v) is 5.74. The molecule has 0 unspecified atom stereocenters. The van der Waals surface area contributed by atoms with Crippen LogP contribution in [-0.4, -0.2) is 57.8 Å². The van der Waals surface area contributed by atoms with Crippen molar-refractivity contribution in [2.45, 2.75) is 75.1 Å². The van der Waals surface area contributed by atoms with E-state index in [1.165, 1.54) is 0 Å². The minimum absolute atomic E-state index is 0.0101. The zero-order valence-electron chi connectivity index (χ0n) is 18.4. The fraction of sp³-hybridized carbons (Fsp3) is 0.667. The van der Waals surface area contributed by atoms with Gasteiger partial charge < -0.3 is 14.6 Å². The number of ether oxygens (including phenoxy) is 2. The lowest BCUT2D eigenvalue weighted by Crippen LogP contribution is -2.50. The van der Waals surface area contributed by atoms with Gasteiger partial charge in [0, 0.05) is 18.7 Å². The third kappa shape index (κ3) is 5.20. The Morgan fingerprint density at radius 2 is 2.12 bits per heavy atom. The number of fused-ring (bicyclic) bond motifs is 1. The minimum atomic E-state index is -4.10. The molecule has 1 saturated carbocycles. The third-order valence-corrected chi connectivity index (χ3v) is 7.50. The van der Waals surface area contributed by atoms with Gasteiger partial charge in [0.05, 0.1) is 13.2 Å². The van der Waals surface area contributed by atoms with Gasteiger partial charge in [-0.1, -0.05) is 5.92 Å². The van der Waals surface area contributed by atoms with Crippen molar-refractivity contribution in [2.24, 2.45) is 0 Å². The van der Waals surface area contributed by atoms with E-state index in [1.54, 1.807) is 0 Å². The molecule has 1 aromatic heterocycles. The first-order chi connectivity index (χ1) is 16.2. The second-order valence-electron chi connectivity index (χ2n) is 8.47. The Morgan fingerprint density at radius 3 is 2.82 bits per heavy atom. The van der Waals surface area contributed by atoms with Gasteiger partial charge in [0.15, 0.2) is 11.8 Å². The number of unbranched alkanes of at least 4 members (excludes halogenated alkanes) is 1. The highest BCUT2D eigenvalue weighted by Crippen LogP contribution is 2.58. The van der Waals surface area contributed by atoms with E-state index in [-0.39, 0.29) is 31.7 Å². The normalized spacial score (nSPS) is 33.4. The number of terminal acetylenes is 1. The highest BCUT2D eigenvalue weighted by atomic mass is 31.2. The van der Waals surface area contributed by atoms with E-state index in [0.717, 1.165) is 42.5 Å². The molecular weight excluding hydrogens is 471 g/mol. The molecule has 3 heterocycles. The Morgan fingerprint density at radius 1 is 1.35 bits per heavy atom. The van der Waals surface area contributed by atoms with Crippen LogP contribution in [0.15, 0.2) is 21.9 Å². The molecule has 0 spiro atoms. The molecule has 3 fully saturated rings. The maximum absolute atomic E-state index is 13.0. The van der Waals surface area contributed by atoms with Gasteiger partial charge in [0.2, 0.25) is 0 Å². The minimum Gasteiger partial charge on any atom is -0.462 e. The van der Waals surface area contributed by atoms with Gasteiger partial charge in [-0.15, -0.1) is 6.42 Å². The van der Waals surface area contributed by atoms with Gasteiger partial charge in [-0.2, -0.15) is 0 Å². The molecule has 3 aliphatic rings. The van der Waals surface area contributed by atoms with Gasteiger partial charge in [-0.25, -0.2) is 9.36 Å². The van der Waals surface area contributed by atoms with Crippen LogP contribution in [0, 0.1) is 12.3 Å². The Labute approximate surface area is 195 Å². The highest BCUT2D eigenvalue weighted by molar-refractivity contribution is 7.48. The fourth-order valence-electron chi connectivity index (χ4n) is 4.28. The van der Waals surface area contributed by atoms with Crippen LogP contribution in [0.2, 0.25) is 0 Å². The molecule has 0 radical (unpaired) electrons. The van der Waals surface area contributed by atoms with E-state index in [9.17, 15) is 24.1 Å². The summed E-state index contributed by atoms with van der Waals surface area (Å²) < 4.78 is 40.9. The first-order valence-corrected chi connectivity index (χ1v) is 12.6. The van der Waals surface area contributed by atoms with Crippen LogP contribution in [0.4, 0.5) is 0 Å². The SMILES string of the molecule is C#C[C@@]1(O)[C@@H]2O[P@@](=O)(OCCCCC(=O)OC3CCCC3)OC[C@H]2O[C@H]1n1ccc(=O)[nH]c1=O. The highest BCUT2D eigenvalue weighted by Gasteiger charge is 2.62. The van der Waals surface area contributed by atoms with Crippen LogP contribution in [0.3, 0.4) is 0 Å². The average molecular weight is 498 g/mol. The summed E-state index contributed by atoms with van der Waals surface area (Å²) in [5, 5.41) is 11.1. The molecule has 0 bridgehead atoms. The van der Waals surface area contributed by atoms with Crippen LogP contribution >= 0.6 is 7.82 Å². The molecule has 1 aromatic rings. The number of rotatable bonds is 8. The maximum Gasteiger partial charge on any atom is 0.475 e. The van der Waals surface area contributed by atoms with E-state index in [1.807, 2.05) is 0 Å². The number of carbonyl (C=O) groups is 1. The Hall–Kier alpha value is -2.26. The number of hydrogen-bond donors (Lipinski definition) is 2. The number of hydrogen-bond acceptors (Lipinski definition) is 10. The van der Waals surface area contributed by atoms with Crippen molar-refractivity contribution in [1.82, 2.24) is 9.55 Å². The standard InChI is InChI=1S/C21H27N2O10P/c1-2-21(27)18-15(32-19(21)23-11-10-16(24)22-20(23)26)13-30-34(28,33-18)29-12-6-5-9-17(25)31-14-7-3-4-8-14/h1,10-11,14-15,18-19,27H,3-9,12-13H2,(H,22,24,26)/t15-,18-,19-,21-,34+/m1/s1. The first kappa shape index (κ1) is 24.9. The molecule has 2 N–H and O–H groups in total. The summed E-state index contributed by atoms with van der Waals surface area (Å²) in [5.74, 6) is 1.89. The Kier molecular flexibility index (Phi) is 7.42. The molecule has 186 valence electrons. The van der Waals surface area contributed by atoms with Crippen LogP contribution < -0.4 is 11.2 Å². The number of esters is 1. The number of nitrogens with one attached hydrogen (secondary N) is 1. The van der Waals surface area contributed by atoms with Gasteiger partial charge >= 0.3 is 19.5 Å². The molecule has 0 amide bonds. The van der Waals surface area contributed by atoms with Crippen LogP contribution in [-0.2, 0) is 32.4 Å². The molecule has 4 rings (SSSR count). The van der Waals surface area contributed by atoms with Gasteiger partial charge in [-0.05, 0) is 38.5 Å². The number of nitrogens with zero attached hydrogens (tertiary/aromatic N) is 1. The zero-order chi connectivity index (χ0) is 24.3. The van der Waals surface area contributed by atoms with Crippen molar-refractivity contribution < 1.29 is 37.5 Å². The van der Waals surface area contributed by atoms with Crippen molar-refractivity contribution in [1.29, 1.82) is 0 Å². The molecule has 0 aromatic carbocycles. The van der Waals surface area contributed by atoms with Crippen molar-refractivity contribution in [2.75, 3.05) is 13.2 Å². The second-order valence-corrected chi connectivity index (χ2v) is 10.1. The van der Waals surface area contributed by atoms with Gasteiger partial charge in [0.1, 0.15) is 18.3 Å². The van der Waals surface area contributed by atoms with Gasteiger partial charge in [-0.3, -0.25) is 32.7 Å². The molecule has 12 nitrogen and oxygen atoms in total. The van der Waals surface area contributed by atoms with E-state index in [2.05, 4.69) is 10.9 Å². The summed E-state index contributed by atoms with van der Waals surface area (Å²) >= 11 is 0. The van der Waals surface area contributed by atoms with Crippen molar-refractivity contribution in [3.63, 3.8) is 0 Å². The van der Waals surface area contributed by atoms with Crippen LogP contribution in [0.25, 0.3) is 0 Å². The number of aromatic amines is 1. The van der Waals surface area contributed by atoms with Crippen LogP contribution in [0.1, 0.15) is 51.2 Å². The number of phosphoric acid groups is 1. The number of H-pyrrole nitrogens is 1. The van der Waals surface area contributed by atoms with Gasteiger partial charge in [0.25, 0.3) is 5.56 Å². The first-order valence-electron chi connectivity index (χ1n) is 11.2. The molecule has 2 saturated heterocycles. The molecule has 2 aliphatic heterocycles. The summed E-state index contributed by atoms with van der Waals surface area (Å²) in [4.78, 5) is 37.4. The number of aliphatic hydroxyl groups is 1. The maximum atomic E-state index is 13.0. The molecule has 5 atom stereocenters. The predicted molar refractivity (Wildman–Crippen MR) is 116 cm³/mol. The van der Waals surface area contributed by atoms with Crippen molar-refractivity contribution in [3.8, 4) is 12.3 Å². The summed E-state index contributed by atoms with van der Waals surface area (Å²) in [6.45, 7) is -0.294. The number of phosphoric ester groups is 1.